The fourth-order valence-corrected chi connectivity index (χ4v) is 3.19. The van der Waals surface area contributed by atoms with Crippen LogP contribution in [-0.4, -0.2) is 31.2 Å². The van der Waals surface area contributed by atoms with E-state index < -0.39 is 0 Å². The first-order valence-electron chi connectivity index (χ1n) is 6.66. The van der Waals surface area contributed by atoms with Crippen molar-refractivity contribution < 1.29 is 0 Å². The van der Waals surface area contributed by atoms with Gasteiger partial charge in [-0.1, -0.05) is 0 Å². The van der Waals surface area contributed by atoms with Crippen LogP contribution >= 0.6 is 24.8 Å². The van der Waals surface area contributed by atoms with E-state index in [1.807, 2.05) is 6.20 Å². The zero-order valence-corrected chi connectivity index (χ0v) is 13.0. The second-order valence-corrected chi connectivity index (χ2v) is 5.57. The van der Waals surface area contributed by atoms with Crippen LogP contribution in [-0.2, 0) is 0 Å². The Morgan fingerprint density at radius 3 is 2.53 bits per heavy atom. The van der Waals surface area contributed by atoms with E-state index in [0.29, 0.717) is 5.41 Å². The summed E-state index contributed by atoms with van der Waals surface area (Å²) in [5.41, 5.74) is 3.07. The van der Waals surface area contributed by atoms with Crippen molar-refractivity contribution >= 4 is 30.5 Å². The molecule has 1 aromatic heterocycles. The zero-order valence-electron chi connectivity index (χ0n) is 11.4. The van der Waals surface area contributed by atoms with E-state index in [1.165, 1.54) is 51.1 Å². The summed E-state index contributed by atoms with van der Waals surface area (Å²) in [6.45, 7) is 6.91. The van der Waals surface area contributed by atoms with Gasteiger partial charge < -0.3 is 10.2 Å². The van der Waals surface area contributed by atoms with Gasteiger partial charge in [-0.25, -0.2) is 0 Å². The number of hydrogen-bond acceptors (Lipinski definition) is 3. The van der Waals surface area contributed by atoms with Gasteiger partial charge in [-0.3, -0.25) is 4.98 Å². The third-order valence-electron chi connectivity index (χ3n) is 4.40. The number of halogens is 2. The summed E-state index contributed by atoms with van der Waals surface area (Å²) in [5, 5.41) is 3.52. The van der Waals surface area contributed by atoms with Crippen LogP contribution in [0.1, 0.15) is 25.0 Å². The number of aromatic nitrogens is 1. The molecule has 2 saturated heterocycles. The molecule has 0 amide bonds. The van der Waals surface area contributed by atoms with Crippen molar-refractivity contribution in [2.24, 2.45) is 5.41 Å². The summed E-state index contributed by atoms with van der Waals surface area (Å²) < 4.78 is 0. The molecule has 0 radical (unpaired) electrons. The molecule has 19 heavy (non-hydrogen) atoms. The molecule has 0 unspecified atom stereocenters. The monoisotopic (exact) mass is 303 g/mol. The highest BCUT2D eigenvalue weighted by atomic mass is 35.5. The van der Waals surface area contributed by atoms with Crippen LogP contribution in [0.4, 0.5) is 5.69 Å². The molecule has 0 aliphatic carbocycles. The van der Waals surface area contributed by atoms with Gasteiger partial charge in [-0.2, -0.15) is 0 Å². The average Bonchev–Trinajstić information content (AvgIpc) is 2.79. The lowest BCUT2D eigenvalue weighted by Gasteiger charge is -2.40. The van der Waals surface area contributed by atoms with Crippen molar-refractivity contribution in [1.82, 2.24) is 10.3 Å². The van der Waals surface area contributed by atoms with Gasteiger partial charge in [0, 0.05) is 37.2 Å². The quantitative estimate of drug-likeness (QED) is 0.865. The van der Waals surface area contributed by atoms with Crippen molar-refractivity contribution in [3.63, 3.8) is 0 Å². The maximum atomic E-state index is 4.27. The van der Waals surface area contributed by atoms with Gasteiger partial charge in [-0.15, -0.1) is 24.8 Å². The van der Waals surface area contributed by atoms with Gasteiger partial charge in [0.2, 0.25) is 0 Å². The number of pyridine rings is 1. The van der Waals surface area contributed by atoms with Gasteiger partial charge in [-0.05, 0) is 50.3 Å². The van der Waals surface area contributed by atoms with Crippen LogP contribution < -0.4 is 10.2 Å². The molecule has 108 valence electrons. The molecular formula is C14H23Cl2N3. The summed E-state index contributed by atoms with van der Waals surface area (Å²) in [5.74, 6) is 0. The number of hydrogen-bond donors (Lipinski definition) is 1. The maximum Gasteiger partial charge on any atom is 0.0399 e. The largest absolute Gasteiger partial charge is 0.371 e. The number of anilines is 1. The van der Waals surface area contributed by atoms with Crippen LogP contribution in [0.5, 0.6) is 0 Å². The van der Waals surface area contributed by atoms with Crippen molar-refractivity contribution in [2.45, 2.75) is 26.2 Å². The lowest BCUT2D eigenvalue weighted by molar-refractivity contribution is 0.247. The topological polar surface area (TPSA) is 28.2 Å². The van der Waals surface area contributed by atoms with Gasteiger partial charge in [0.05, 0.1) is 0 Å². The molecular weight excluding hydrogens is 281 g/mol. The van der Waals surface area contributed by atoms with Gasteiger partial charge in [0.25, 0.3) is 0 Å². The van der Waals surface area contributed by atoms with Crippen molar-refractivity contribution in [1.29, 1.82) is 0 Å². The number of nitrogens with one attached hydrogen (secondary N) is 1. The van der Waals surface area contributed by atoms with Crippen LogP contribution in [0.3, 0.4) is 0 Å². The molecule has 1 aromatic rings. The molecule has 1 N–H and O–H groups in total. The summed E-state index contributed by atoms with van der Waals surface area (Å²) >= 11 is 0. The SMILES string of the molecule is Cc1cc(N2CCC3(CCNC3)CC2)ccn1.Cl.Cl. The van der Waals surface area contributed by atoms with Gasteiger partial charge >= 0.3 is 0 Å². The zero-order chi connectivity index (χ0) is 11.7. The fraction of sp³-hybridized carbons (Fsp3) is 0.643. The third kappa shape index (κ3) is 3.53. The Kier molecular flexibility index (Phi) is 5.90. The minimum Gasteiger partial charge on any atom is -0.371 e. The minimum absolute atomic E-state index is 0. The van der Waals surface area contributed by atoms with Crippen molar-refractivity contribution in [2.75, 3.05) is 31.1 Å². The summed E-state index contributed by atoms with van der Waals surface area (Å²) in [7, 11) is 0. The van der Waals surface area contributed by atoms with Crippen LogP contribution in [0.15, 0.2) is 18.3 Å². The minimum atomic E-state index is 0. The summed E-state index contributed by atoms with van der Waals surface area (Å²) in [6.07, 6.45) is 5.96. The van der Waals surface area contributed by atoms with E-state index in [9.17, 15) is 0 Å². The molecule has 0 aromatic carbocycles. The predicted molar refractivity (Wildman–Crippen MR) is 84.8 cm³/mol. The summed E-state index contributed by atoms with van der Waals surface area (Å²) in [4.78, 5) is 6.78. The van der Waals surface area contributed by atoms with E-state index in [0.717, 1.165) is 5.69 Å². The first-order valence-corrected chi connectivity index (χ1v) is 6.66. The Hall–Kier alpha value is -0.510. The Balaban J connectivity index is 0.000000902. The van der Waals surface area contributed by atoms with Gasteiger partial charge in [0.15, 0.2) is 0 Å². The summed E-state index contributed by atoms with van der Waals surface area (Å²) in [6, 6.07) is 4.34. The Morgan fingerprint density at radius 2 is 1.95 bits per heavy atom. The standard InChI is InChI=1S/C14H21N3.2ClH/c1-12-10-13(2-6-16-12)17-8-4-14(5-9-17)3-7-15-11-14;;/h2,6,10,15H,3-5,7-9,11H2,1H3;2*1H. The Labute approximate surface area is 128 Å². The first-order chi connectivity index (χ1) is 8.27. The molecule has 3 rings (SSSR count). The van der Waals surface area contributed by atoms with Crippen molar-refractivity contribution in [3.8, 4) is 0 Å². The van der Waals surface area contributed by atoms with E-state index in [4.69, 9.17) is 0 Å². The first kappa shape index (κ1) is 16.5. The van der Waals surface area contributed by atoms with E-state index in [2.05, 4.69) is 34.3 Å². The molecule has 3 nitrogen and oxygen atoms in total. The lowest BCUT2D eigenvalue weighted by atomic mass is 9.78. The van der Waals surface area contributed by atoms with E-state index in [-0.39, 0.29) is 24.8 Å². The molecule has 3 heterocycles. The number of nitrogens with zero attached hydrogens (tertiary/aromatic N) is 2. The van der Waals surface area contributed by atoms with Crippen LogP contribution in [0.25, 0.3) is 0 Å². The highest BCUT2D eigenvalue weighted by Gasteiger charge is 2.36. The molecule has 0 atom stereocenters. The molecule has 2 fully saturated rings. The molecule has 5 heteroatoms. The molecule has 1 spiro atoms. The lowest BCUT2D eigenvalue weighted by Crippen LogP contribution is -2.41. The molecule has 2 aliphatic heterocycles. The van der Waals surface area contributed by atoms with E-state index in [1.54, 1.807) is 0 Å². The molecule has 0 saturated carbocycles. The van der Waals surface area contributed by atoms with Crippen molar-refractivity contribution in [3.05, 3.63) is 24.0 Å². The smallest absolute Gasteiger partial charge is 0.0399 e. The number of piperidine rings is 1. The number of rotatable bonds is 1. The normalized spacial score (nSPS) is 20.8. The van der Waals surface area contributed by atoms with Crippen LogP contribution in [0.2, 0.25) is 0 Å². The van der Waals surface area contributed by atoms with E-state index >= 15 is 0 Å². The second kappa shape index (κ2) is 6.78. The highest BCUT2D eigenvalue weighted by molar-refractivity contribution is 5.85. The number of aryl methyl sites for hydroxylation is 1. The molecule has 2 aliphatic rings. The van der Waals surface area contributed by atoms with Gasteiger partial charge in [0.1, 0.15) is 0 Å². The predicted octanol–water partition coefficient (Wildman–Crippen LogP) is 2.81. The average molecular weight is 304 g/mol. The fourth-order valence-electron chi connectivity index (χ4n) is 3.19. The highest BCUT2D eigenvalue weighted by Crippen LogP contribution is 2.38. The Morgan fingerprint density at radius 1 is 1.21 bits per heavy atom. The molecule has 0 bridgehead atoms. The third-order valence-corrected chi connectivity index (χ3v) is 4.40. The maximum absolute atomic E-state index is 4.27. The Bertz CT molecular complexity index is 395. The van der Waals surface area contributed by atoms with Crippen LogP contribution in [0, 0.1) is 12.3 Å². The second-order valence-electron chi connectivity index (χ2n) is 5.57.